The Morgan fingerprint density at radius 1 is 1.61 bits per heavy atom. The second-order valence-corrected chi connectivity index (χ2v) is 6.16. The number of aromatic nitrogens is 1. The lowest BCUT2D eigenvalue weighted by molar-refractivity contribution is -0.177. The van der Waals surface area contributed by atoms with Crippen molar-refractivity contribution in [1.82, 2.24) is 10.3 Å². The van der Waals surface area contributed by atoms with Gasteiger partial charge in [0.05, 0.1) is 29.5 Å². The summed E-state index contributed by atoms with van der Waals surface area (Å²) in [6, 6.07) is 0. The number of rotatable bonds is 6. The van der Waals surface area contributed by atoms with E-state index in [-0.39, 0.29) is 23.7 Å². The molecule has 0 bridgehead atoms. The predicted molar refractivity (Wildman–Crippen MR) is 72.6 cm³/mol. The molecule has 1 saturated carbocycles. The quantitative estimate of drug-likeness (QED) is 0.827. The summed E-state index contributed by atoms with van der Waals surface area (Å²) in [6.45, 7) is 7.88. The molecule has 0 aromatic carbocycles. The Morgan fingerprint density at radius 3 is 2.89 bits per heavy atom. The monoisotopic (exact) mass is 270 g/mol. The average molecular weight is 270 g/mol. The molecule has 102 valence electrons. The van der Waals surface area contributed by atoms with Gasteiger partial charge in [0.15, 0.2) is 0 Å². The van der Waals surface area contributed by atoms with Crippen LogP contribution < -0.4 is 5.32 Å². The summed E-state index contributed by atoms with van der Waals surface area (Å²) in [4.78, 5) is 4.26. The molecular formula is C13H22N2O2S. The minimum atomic E-state index is -0.254. The Morgan fingerprint density at radius 2 is 2.39 bits per heavy atom. The standard InChI is InChI=1S/C13H22N2O2S/c1-4-17-11-5-13(8-16,12(11,2)3)15-6-10-7-18-9-14-10/h7,9,11,15-16H,4-6,8H2,1-3H3. The van der Waals surface area contributed by atoms with E-state index in [0.717, 1.165) is 18.7 Å². The van der Waals surface area contributed by atoms with E-state index in [1.54, 1.807) is 11.3 Å². The molecule has 0 saturated heterocycles. The van der Waals surface area contributed by atoms with E-state index in [9.17, 15) is 5.11 Å². The fourth-order valence-corrected chi connectivity index (χ4v) is 3.25. The molecule has 2 rings (SSSR count). The third kappa shape index (κ3) is 2.20. The Hall–Kier alpha value is -0.490. The average Bonchev–Trinajstić information content (AvgIpc) is 2.86. The summed E-state index contributed by atoms with van der Waals surface area (Å²) < 4.78 is 5.72. The molecule has 1 heterocycles. The molecule has 0 radical (unpaired) electrons. The minimum absolute atomic E-state index is 0.0617. The van der Waals surface area contributed by atoms with Crippen molar-refractivity contribution in [2.45, 2.75) is 45.4 Å². The van der Waals surface area contributed by atoms with E-state index in [2.05, 4.69) is 24.1 Å². The van der Waals surface area contributed by atoms with Crippen LogP contribution >= 0.6 is 11.3 Å². The fourth-order valence-electron chi connectivity index (χ4n) is 2.69. The molecule has 1 aliphatic carbocycles. The van der Waals surface area contributed by atoms with Gasteiger partial charge >= 0.3 is 0 Å². The molecule has 1 fully saturated rings. The van der Waals surface area contributed by atoms with Gasteiger partial charge in [-0.15, -0.1) is 11.3 Å². The van der Waals surface area contributed by atoms with Crippen LogP contribution in [0, 0.1) is 5.41 Å². The van der Waals surface area contributed by atoms with Crippen LogP contribution in [-0.2, 0) is 11.3 Å². The first kappa shape index (κ1) is 13.9. The zero-order valence-electron chi connectivity index (χ0n) is 11.3. The van der Waals surface area contributed by atoms with Crippen molar-refractivity contribution < 1.29 is 9.84 Å². The van der Waals surface area contributed by atoms with Crippen LogP contribution in [-0.4, -0.2) is 34.9 Å². The third-order valence-electron chi connectivity index (χ3n) is 4.30. The first-order chi connectivity index (χ1) is 8.55. The molecule has 2 unspecified atom stereocenters. The lowest BCUT2D eigenvalue weighted by atomic mass is 9.54. The zero-order chi connectivity index (χ0) is 13.2. The second kappa shape index (κ2) is 5.25. The van der Waals surface area contributed by atoms with Gasteiger partial charge in [0.1, 0.15) is 0 Å². The van der Waals surface area contributed by atoms with Gasteiger partial charge in [-0.1, -0.05) is 13.8 Å². The number of aliphatic hydroxyl groups excluding tert-OH is 1. The summed E-state index contributed by atoms with van der Waals surface area (Å²) in [5.74, 6) is 0. The summed E-state index contributed by atoms with van der Waals surface area (Å²) in [5, 5.41) is 15.3. The highest BCUT2D eigenvalue weighted by Gasteiger charge is 2.60. The lowest BCUT2D eigenvalue weighted by Gasteiger charge is -2.60. The minimum Gasteiger partial charge on any atom is -0.394 e. The Balaban J connectivity index is 2.00. The van der Waals surface area contributed by atoms with Gasteiger partial charge in [-0.05, 0) is 13.3 Å². The number of aliphatic hydroxyl groups is 1. The SMILES string of the molecule is CCOC1CC(CO)(NCc2cscn2)C1(C)C. The fraction of sp³-hybridized carbons (Fsp3) is 0.769. The summed E-state index contributed by atoms with van der Waals surface area (Å²) in [5.41, 5.74) is 2.55. The topological polar surface area (TPSA) is 54.4 Å². The summed E-state index contributed by atoms with van der Waals surface area (Å²) in [6.07, 6.45) is 1.08. The van der Waals surface area contributed by atoms with Gasteiger partial charge in [-0.25, -0.2) is 4.98 Å². The number of hydrogen-bond acceptors (Lipinski definition) is 5. The molecule has 5 heteroatoms. The molecule has 4 nitrogen and oxygen atoms in total. The van der Waals surface area contributed by atoms with Crippen molar-refractivity contribution in [2.24, 2.45) is 5.41 Å². The molecule has 0 amide bonds. The number of nitrogens with one attached hydrogen (secondary N) is 1. The summed E-state index contributed by atoms with van der Waals surface area (Å²) in [7, 11) is 0. The van der Waals surface area contributed by atoms with Crippen LogP contribution in [0.2, 0.25) is 0 Å². The van der Waals surface area contributed by atoms with Crippen molar-refractivity contribution in [2.75, 3.05) is 13.2 Å². The second-order valence-electron chi connectivity index (χ2n) is 5.44. The third-order valence-corrected chi connectivity index (χ3v) is 4.94. The number of hydrogen-bond donors (Lipinski definition) is 2. The Labute approximate surface area is 112 Å². The number of nitrogens with zero attached hydrogens (tertiary/aromatic N) is 1. The Kier molecular flexibility index (Phi) is 4.06. The molecule has 0 aliphatic heterocycles. The maximum atomic E-state index is 9.75. The first-order valence-corrected chi connectivity index (χ1v) is 7.34. The highest BCUT2D eigenvalue weighted by atomic mass is 32.1. The van der Waals surface area contributed by atoms with Crippen molar-refractivity contribution in [3.05, 3.63) is 16.6 Å². The van der Waals surface area contributed by atoms with Crippen molar-refractivity contribution >= 4 is 11.3 Å². The van der Waals surface area contributed by atoms with Crippen LogP contribution in [0.25, 0.3) is 0 Å². The van der Waals surface area contributed by atoms with Crippen LogP contribution in [0.5, 0.6) is 0 Å². The largest absolute Gasteiger partial charge is 0.394 e. The van der Waals surface area contributed by atoms with Gasteiger partial charge in [-0.3, -0.25) is 0 Å². The summed E-state index contributed by atoms with van der Waals surface area (Å²) >= 11 is 1.59. The highest BCUT2D eigenvalue weighted by Crippen LogP contribution is 2.51. The number of ether oxygens (including phenoxy) is 1. The van der Waals surface area contributed by atoms with E-state index < -0.39 is 0 Å². The Bertz CT molecular complexity index is 380. The van der Waals surface area contributed by atoms with Crippen molar-refractivity contribution in [3.8, 4) is 0 Å². The molecule has 18 heavy (non-hydrogen) atoms. The molecule has 0 spiro atoms. The van der Waals surface area contributed by atoms with Crippen LogP contribution in [0.3, 0.4) is 0 Å². The maximum Gasteiger partial charge on any atom is 0.0795 e. The molecule has 2 atom stereocenters. The van der Waals surface area contributed by atoms with E-state index in [0.29, 0.717) is 6.54 Å². The van der Waals surface area contributed by atoms with Gasteiger partial charge in [0.2, 0.25) is 0 Å². The maximum absolute atomic E-state index is 9.75. The van der Waals surface area contributed by atoms with Crippen molar-refractivity contribution in [1.29, 1.82) is 0 Å². The van der Waals surface area contributed by atoms with Gasteiger partial charge < -0.3 is 15.2 Å². The van der Waals surface area contributed by atoms with Crippen molar-refractivity contribution in [3.63, 3.8) is 0 Å². The van der Waals surface area contributed by atoms with E-state index in [1.165, 1.54) is 0 Å². The van der Waals surface area contributed by atoms with E-state index in [1.807, 2.05) is 17.8 Å². The first-order valence-electron chi connectivity index (χ1n) is 6.40. The lowest BCUT2D eigenvalue weighted by Crippen LogP contribution is -2.73. The molecular weight excluding hydrogens is 248 g/mol. The van der Waals surface area contributed by atoms with Crippen LogP contribution in [0.15, 0.2) is 10.9 Å². The highest BCUT2D eigenvalue weighted by molar-refractivity contribution is 7.07. The molecule has 1 aliphatic rings. The van der Waals surface area contributed by atoms with E-state index in [4.69, 9.17) is 4.74 Å². The predicted octanol–water partition coefficient (Wildman–Crippen LogP) is 1.80. The van der Waals surface area contributed by atoms with Crippen LogP contribution in [0.1, 0.15) is 32.9 Å². The molecule has 1 aromatic heterocycles. The normalized spacial score (nSPS) is 30.1. The van der Waals surface area contributed by atoms with Gasteiger partial charge in [0, 0.05) is 23.9 Å². The molecule has 2 N–H and O–H groups in total. The van der Waals surface area contributed by atoms with Gasteiger partial charge in [-0.2, -0.15) is 0 Å². The zero-order valence-corrected chi connectivity index (χ0v) is 12.1. The van der Waals surface area contributed by atoms with Gasteiger partial charge in [0.25, 0.3) is 0 Å². The van der Waals surface area contributed by atoms with Crippen LogP contribution in [0.4, 0.5) is 0 Å². The number of thiazole rings is 1. The molecule has 1 aromatic rings. The van der Waals surface area contributed by atoms with E-state index >= 15 is 0 Å². The smallest absolute Gasteiger partial charge is 0.0795 e.